The summed E-state index contributed by atoms with van der Waals surface area (Å²) in [6.07, 6.45) is 1.96. The molecule has 1 aromatic heterocycles. The summed E-state index contributed by atoms with van der Waals surface area (Å²) in [5.74, 6) is 1.71. The summed E-state index contributed by atoms with van der Waals surface area (Å²) >= 11 is 0. The number of ether oxygens (including phenoxy) is 2. The van der Waals surface area contributed by atoms with E-state index in [4.69, 9.17) is 15.2 Å². The molecule has 0 atom stereocenters. The van der Waals surface area contributed by atoms with Gasteiger partial charge in [0.2, 0.25) is 5.91 Å². The summed E-state index contributed by atoms with van der Waals surface area (Å²) in [7, 11) is 3.23. The summed E-state index contributed by atoms with van der Waals surface area (Å²) < 4.78 is 10.9. The molecule has 3 aromatic rings. The molecule has 0 saturated carbocycles. The Labute approximate surface area is 176 Å². The van der Waals surface area contributed by atoms with Crippen LogP contribution in [0.5, 0.6) is 11.5 Å². The standard InChI is InChI=1S/C23H26N4O3/c1-23(2,22(24)28)13-15-11-16(9-10-19(15)29-3)27-21-12-18(25-14-26-21)17-7-5-6-8-20(17)30-4/h5-12,14H,13H2,1-4H3,(H2,24,28)(H,25,26,27). The number of para-hydroxylation sites is 1. The maximum atomic E-state index is 11.8. The van der Waals surface area contributed by atoms with E-state index in [9.17, 15) is 4.79 Å². The molecule has 1 amide bonds. The van der Waals surface area contributed by atoms with Crippen molar-refractivity contribution in [1.82, 2.24) is 9.97 Å². The first-order chi connectivity index (χ1) is 14.3. The van der Waals surface area contributed by atoms with Gasteiger partial charge in [-0.05, 0) is 42.3 Å². The lowest BCUT2D eigenvalue weighted by atomic mass is 9.84. The maximum Gasteiger partial charge on any atom is 0.223 e. The second-order valence-corrected chi connectivity index (χ2v) is 7.57. The Morgan fingerprint density at radius 3 is 2.47 bits per heavy atom. The summed E-state index contributed by atoms with van der Waals surface area (Å²) in [5.41, 5.74) is 8.17. The van der Waals surface area contributed by atoms with E-state index in [0.717, 1.165) is 28.3 Å². The third-order valence-electron chi connectivity index (χ3n) is 4.90. The van der Waals surface area contributed by atoms with Gasteiger partial charge in [0.05, 0.1) is 19.9 Å². The monoisotopic (exact) mass is 406 g/mol. The number of primary amides is 1. The first kappa shape index (κ1) is 21.1. The number of methoxy groups -OCH3 is 2. The summed E-state index contributed by atoms with van der Waals surface area (Å²) in [4.78, 5) is 20.5. The molecule has 0 aliphatic carbocycles. The molecule has 30 heavy (non-hydrogen) atoms. The highest BCUT2D eigenvalue weighted by atomic mass is 16.5. The zero-order chi connectivity index (χ0) is 21.7. The van der Waals surface area contributed by atoms with Crippen LogP contribution in [0.4, 0.5) is 11.5 Å². The largest absolute Gasteiger partial charge is 0.496 e. The van der Waals surface area contributed by atoms with Crippen molar-refractivity contribution in [2.24, 2.45) is 11.1 Å². The highest BCUT2D eigenvalue weighted by molar-refractivity contribution is 5.80. The topological polar surface area (TPSA) is 99.4 Å². The predicted octanol–water partition coefficient (Wildman–Crippen LogP) is 3.96. The Kier molecular flexibility index (Phi) is 6.20. The van der Waals surface area contributed by atoms with Crippen LogP contribution in [-0.4, -0.2) is 30.1 Å². The molecule has 0 aliphatic heterocycles. The van der Waals surface area contributed by atoms with Gasteiger partial charge in [0.25, 0.3) is 0 Å². The molecular weight excluding hydrogens is 380 g/mol. The third-order valence-corrected chi connectivity index (χ3v) is 4.90. The maximum absolute atomic E-state index is 11.8. The number of anilines is 2. The number of carbonyl (C=O) groups is 1. The van der Waals surface area contributed by atoms with Gasteiger partial charge in [-0.15, -0.1) is 0 Å². The minimum absolute atomic E-state index is 0.361. The molecule has 3 N–H and O–H groups in total. The highest BCUT2D eigenvalue weighted by Crippen LogP contribution is 2.32. The van der Waals surface area contributed by atoms with E-state index < -0.39 is 5.41 Å². The van der Waals surface area contributed by atoms with Gasteiger partial charge in [-0.1, -0.05) is 26.0 Å². The van der Waals surface area contributed by atoms with Crippen LogP contribution >= 0.6 is 0 Å². The van der Waals surface area contributed by atoms with Gasteiger partial charge < -0.3 is 20.5 Å². The summed E-state index contributed by atoms with van der Waals surface area (Å²) in [6.45, 7) is 3.64. The van der Waals surface area contributed by atoms with E-state index >= 15 is 0 Å². The van der Waals surface area contributed by atoms with Crippen LogP contribution in [0, 0.1) is 5.41 Å². The Morgan fingerprint density at radius 2 is 1.77 bits per heavy atom. The van der Waals surface area contributed by atoms with Crippen LogP contribution in [0.15, 0.2) is 54.9 Å². The molecule has 1 heterocycles. The minimum Gasteiger partial charge on any atom is -0.496 e. The number of amides is 1. The highest BCUT2D eigenvalue weighted by Gasteiger charge is 2.27. The fourth-order valence-electron chi connectivity index (χ4n) is 3.13. The van der Waals surface area contributed by atoms with Crippen molar-refractivity contribution in [3.63, 3.8) is 0 Å². The van der Waals surface area contributed by atoms with Crippen LogP contribution < -0.4 is 20.5 Å². The smallest absolute Gasteiger partial charge is 0.223 e. The zero-order valence-electron chi connectivity index (χ0n) is 17.6. The molecule has 3 rings (SSSR count). The molecule has 156 valence electrons. The SMILES string of the molecule is COc1ccc(Nc2cc(-c3ccccc3OC)ncn2)cc1CC(C)(C)C(N)=O. The van der Waals surface area contributed by atoms with Crippen molar-refractivity contribution in [3.8, 4) is 22.8 Å². The lowest BCUT2D eigenvalue weighted by Gasteiger charge is -2.22. The molecule has 2 aromatic carbocycles. The number of nitrogens with zero attached hydrogens (tertiary/aromatic N) is 2. The fourth-order valence-corrected chi connectivity index (χ4v) is 3.13. The Balaban J connectivity index is 1.90. The first-order valence-electron chi connectivity index (χ1n) is 9.53. The molecule has 0 radical (unpaired) electrons. The Bertz CT molecular complexity index is 1050. The average molecular weight is 406 g/mol. The van der Waals surface area contributed by atoms with E-state index in [0.29, 0.717) is 18.0 Å². The first-order valence-corrected chi connectivity index (χ1v) is 9.53. The van der Waals surface area contributed by atoms with Crippen LogP contribution in [0.25, 0.3) is 11.3 Å². The van der Waals surface area contributed by atoms with Crippen molar-refractivity contribution >= 4 is 17.4 Å². The third kappa shape index (κ3) is 4.68. The number of nitrogens with one attached hydrogen (secondary N) is 1. The summed E-state index contributed by atoms with van der Waals surface area (Å²) in [5, 5.41) is 3.29. The minimum atomic E-state index is -0.697. The van der Waals surface area contributed by atoms with E-state index in [2.05, 4.69) is 15.3 Å². The van der Waals surface area contributed by atoms with Gasteiger partial charge in [0.1, 0.15) is 23.6 Å². The normalized spacial score (nSPS) is 11.1. The quantitative estimate of drug-likeness (QED) is 0.587. The lowest BCUT2D eigenvalue weighted by molar-refractivity contribution is -0.125. The van der Waals surface area contributed by atoms with Crippen molar-refractivity contribution < 1.29 is 14.3 Å². The molecule has 0 unspecified atom stereocenters. The molecule has 0 saturated heterocycles. The van der Waals surface area contributed by atoms with Gasteiger partial charge in [-0.25, -0.2) is 9.97 Å². The van der Waals surface area contributed by atoms with Crippen molar-refractivity contribution in [1.29, 1.82) is 0 Å². The number of hydrogen-bond acceptors (Lipinski definition) is 6. The van der Waals surface area contributed by atoms with Crippen LogP contribution in [0.3, 0.4) is 0 Å². The van der Waals surface area contributed by atoms with Crippen LogP contribution in [-0.2, 0) is 11.2 Å². The lowest BCUT2D eigenvalue weighted by Crippen LogP contribution is -2.33. The van der Waals surface area contributed by atoms with Crippen molar-refractivity contribution in [2.45, 2.75) is 20.3 Å². The molecule has 7 heteroatoms. The molecule has 0 bridgehead atoms. The van der Waals surface area contributed by atoms with Gasteiger partial charge in [0.15, 0.2) is 0 Å². The Hall–Kier alpha value is -3.61. The number of nitrogens with two attached hydrogens (primary N) is 1. The molecule has 0 fully saturated rings. The predicted molar refractivity (Wildman–Crippen MR) is 117 cm³/mol. The van der Waals surface area contributed by atoms with Crippen LogP contribution in [0.1, 0.15) is 19.4 Å². The molecular formula is C23H26N4O3. The van der Waals surface area contributed by atoms with Gasteiger partial charge in [-0.2, -0.15) is 0 Å². The molecule has 7 nitrogen and oxygen atoms in total. The molecule has 0 spiro atoms. The Morgan fingerprint density at radius 1 is 1.03 bits per heavy atom. The van der Waals surface area contributed by atoms with Crippen LogP contribution in [0.2, 0.25) is 0 Å². The van der Waals surface area contributed by atoms with E-state index in [1.807, 2.05) is 62.4 Å². The molecule has 0 aliphatic rings. The number of carbonyl (C=O) groups excluding carboxylic acids is 1. The number of benzene rings is 2. The van der Waals surface area contributed by atoms with Crippen molar-refractivity contribution in [2.75, 3.05) is 19.5 Å². The zero-order valence-corrected chi connectivity index (χ0v) is 17.6. The van der Waals surface area contributed by atoms with Gasteiger partial charge in [-0.3, -0.25) is 4.79 Å². The van der Waals surface area contributed by atoms with E-state index in [-0.39, 0.29) is 5.91 Å². The average Bonchev–Trinajstić information content (AvgIpc) is 2.74. The van der Waals surface area contributed by atoms with Crippen molar-refractivity contribution in [3.05, 3.63) is 60.4 Å². The fraction of sp³-hybridized carbons (Fsp3) is 0.261. The van der Waals surface area contributed by atoms with Gasteiger partial charge in [0, 0.05) is 22.7 Å². The summed E-state index contributed by atoms with van der Waals surface area (Å²) in [6, 6.07) is 15.2. The van der Waals surface area contributed by atoms with Gasteiger partial charge >= 0.3 is 0 Å². The second kappa shape index (κ2) is 8.82. The van der Waals surface area contributed by atoms with E-state index in [1.54, 1.807) is 14.2 Å². The second-order valence-electron chi connectivity index (χ2n) is 7.57. The number of aromatic nitrogens is 2. The van der Waals surface area contributed by atoms with E-state index in [1.165, 1.54) is 6.33 Å². The number of hydrogen-bond donors (Lipinski definition) is 2. The number of rotatable bonds is 8.